The highest BCUT2D eigenvalue weighted by Crippen LogP contribution is 2.30. The molecule has 2 aromatic carbocycles. The Morgan fingerprint density at radius 2 is 1.71 bits per heavy atom. The number of amides is 2. The number of aromatic nitrogens is 1. The maximum Gasteiger partial charge on any atom is 0.450 e. The van der Waals surface area contributed by atoms with Gasteiger partial charge in [-0.05, 0) is 54.2 Å². The van der Waals surface area contributed by atoms with Crippen LogP contribution in [-0.2, 0) is 32.1 Å². The molecular formula is C36H39ClF3N3O5. The summed E-state index contributed by atoms with van der Waals surface area (Å²) in [7, 11) is 0. The fourth-order valence-corrected chi connectivity index (χ4v) is 6.14. The molecule has 1 N–H and O–H groups in total. The van der Waals surface area contributed by atoms with Crippen molar-refractivity contribution in [2.24, 2.45) is 11.8 Å². The highest BCUT2D eigenvalue weighted by Gasteiger charge is 2.45. The highest BCUT2D eigenvalue weighted by molar-refractivity contribution is 6.30. The molecule has 0 saturated carbocycles. The molecule has 12 heteroatoms. The van der Waals surface area contributed by atoms with E-state index < -0.39 is 53.8 Å². The average Bonchev–Trinajstić information content (AvgIpc) is 3.49. The van der Waals surface area contributed by atoms with Crippen LogP contribution in [-0.4, -0.2) is 64.2 Å². The van der Waals surface area contributed by atoms with Crippen molar-refractivity contribution in [3.63, 3.8) is 0 Å². The number of hydrogen-bond acceptors (Lipinski definition) is 6. The number of alkyl halides is 3. The number of nitrogens with zero attached hydrogens (tertiary/aromatic N) is 2. The van der Waals surface area contributed by atoms with Crippen LogP contribution in [0.15, 0.2) is 79.0 Å². The van der Waals surface area contributed by atoms with Crippen molar-refractivity contribution < 1.29 is 37.1 Å². The minimum Gasteiger partial charge on any atom is -0.372 e. The molecule has 0 spiro atoms. The van der Waals surface area contributed by atoms with Crippen molar-refractivity contribution in [2.45, 2.75) is 76.9 Å². The first-order valence-corrected chi connectivity index (χ1v) is 16.3. The second-order valence-electron chi connectivity index (χ2n) is 12.3. The van der Waals surface area contributed by atoms with E-state index in [1.165, 1.54) is 17.2 Å². The largest absolute Gasteiger partial charge is 0.450 e. The molecule has 0 unspecified atom stereocenters. The van der Waals surface area contributed by atoms with Crippen LogP contribution in [0.1, 0.15) is 61.1 Å². The monoisotopic (exact) mass is 685 g/mol. The molecule has 48 heavy (non-hydrogen) atoms. The lowest BCUT2D eigenvalue weighted by Crippen LogP contribution is -2.52. The lowest BCUT2D eigenvalue weighted by molar-refractivity contribution is -0.177. The Morgan fingerprint density at radius 1 is 1.00 bits per heavy atom. The number of ketones is 2. The molecule has 0 aliphatic carbocycles. The lowest BCUT2D eigenvalue weighted by Gasteiger charge is -2.29. The zero-order valence-electron chi connectivity index (χ0n) is 26.8. The number of likely N-dealkylation sites (tertiary alicyclic amines) is 1. The second-order valence-corrected chi connectivity index (χ2v) is 12.7. The summed E-state index contributed by atoms with van der Waals surface area (Å²) in [5.74, 6) is -5.09. The van der Waals surface area contributed by atoms with Crippen molar-refractivity contribution in [3.8, 4) is 0 Å². The summed E-state index contributed by atoms with van der Waals surface area (Å²) in [5.41, 5.74) is 1.68. The maximum absolute atomic E-state index is 14.3. The van der Waals surface area contributed by atoms with Crippen LogP contribution in [0, 0.1) is 11.8 Å². The molecule has 1 aliphatic heterocycles. The van der Waals surface area contributed by atoms with Crippen molar-refractivity contribution in [1.82, 2.24) is 15.2 Å². The van der Waals surface area contributed by atoms with Gasteiger partial charge in [-0.2, -0.15) is 13.2 Å². The Labute approximate surface area is 283 Å². The number of hydrogen-bond donors (Lipinski definition) is 1. The minimum atomic E-state index is -4.96. The van der Waals surface area contributed by atoms with Crippen LogP contribution >= 0.6 is 11.6 Å². The van der Waals surface area contributed by atoms with Crippen molar-refractivity contribution in [1.29, 1.82) is 0 Å². The summed E-state index contributed by atoms with van der Waals surface area (Å²) in [5, 5.41) is 3.22. The van der Waals surface area contributed by atoms with Gasteiger partial charge in [0.1, 0.15) is 11.7 Å². The lowest BCUT2D eigenvalue weighted by atomic mass is 9.86. The van der Waals surface area contributed by atoms with E-state index in [9.17, 15) is 32.3 Å². The van der Waals surface area contributed by atoms with Gasteiger partial charge in [0.15, 0.2) is 5.78 Å². The first kappa shape index (κ1) is 36.7. The molecular weight excluding hydrogens is 647 g/mol. The van der Waals surface area contributed by atoms with Crippen LogP contribution < -0.4 is 5.32 Å². The van der Waals surface area contributed by atoms with E-state index in [-0.39, 0.29) is 56.7 Å². The summed E-state index contributed by atoms with van der Waals surface area (Å²) in [6.45, 7) is 3.39. The van der Waals surface area contributed by atoms with Crippen LogP contribution in [0.25, 0.3) is 0 Å². The summed E-state index contributed by atoms with van der Waals surface area (Å²) in [6, 6.07) is 19.0. The number of benzene rings is 2. The molecule has 1 aromatic heterocycles. The fraction of sp³-hybridized carbons (Fsp3) is 0.417. The summed E-state index contributed by atoms with van der Waals surface area (Å²) in [6.07, 6.45) is -3.99. The van der Waals surface area contributed by atoms with Gasteiger partial charge in [-0.1, -0.05) is 74.0 Å². The van der Waals surface area contributed by atoms with Gasteiger partial charge in [0.2, 0.25) is 11.7 Å². The third-order valence-electron chi connectivity index (χ3n) is 8.43. The van der Waals surface area contributed by atoms with Gasteiger partial charge in [-0.3, -0.25) is 24.2 Å². The van der Waals surface area contributed by atoms with E-state index in [0.717, 1.165) is 5.56 Å². The zero-order chi connectivity index (χ0) is 34.8. The van der Waals surface area contributed by atoms with Crippen LogP contribution in [0.3, 0.4) is 0 Å². The number of rotatable bonds is 15. The molecule has 0 bridgehead atoms. The van der Waals surface area contributed by atoms with Gasteiger partial charge in [0.25, 0.3) is 5.91 Å². The first-order chi connectivity index (χ1) is 22.8. The Balaban J connectivity index is 1.55. The zero-order valence-corrected chi connectivity index (χ0v) is 27.5. The smallest absolute Gasteiger partial charge is 0.372 e. The van der Waals surface area contributed by atoms with Crippen molar-refractivity contribution >= 4 is 35.0 Å². The van der Waals surface area contributed by atoms with E-state index in [1.807, 2.05) is 30.3 Å². The molecule has 2 amide bonds. The average molecular weight is 686 g/mol. The Hall–Kier alpha value is -4.09. The van der Waals surface area contributed by atoms with Crippen molar-refractivity contribution in [3.05, 3.63) is 101 Å². The first-order valence-electron chi connectivity index (χ1n) is 15.9. The topological polar surface area (TPSA) is 106 Å². The third kappa shape index (κ3) is 10.2. The number of halogens is 4. The van der Waals surface area contributed by atoms with E-state index in [0.29, 0.717) is 10.6 Å². The van der Waals surface area contributed by atoms with Gasteiger partial charge in [-0.25, -0.2) is 0 Å². The molecule has 1 aliphatic rings. The van der Waals surface area contributed by atoms with Crippen LogP contribution in [0.2, 0.25) is 5.02 Å². The number of pyridine rings is 1. The van der Waals surface area contributed by atoms with E-state index in [1.54, 1.807) is 50.2 Å². The normalized spacial score (nSPS) is 17.6. The Bertz CT molecular complexity index is 1560. The van der Waals surface area contributed by atoms with Gasteiger partial charge < -0.3 is 15.0 Å². The molecule has 8 nitrogen and oxygen atoms in total. The maximum atomic E-state index is 14.3. The van der Waals surface area contributed by atoms with Crippen LogP contribution in [0.4, 0.5) is 13.2 Å². The van der Waals surface area contributed by atoms with Crippen LogP contribution in [0.5, 0.6) is 0 Å². The molecule has 1 fully saturated rings. The SMILES string of the molecule is CC(C)[C@H](CCCC(=O)[C@@H]1C[C@@H](OCc2ccccc2)CN1C(=O)[C@H](Cc1cccc(Cl)c1)NC(=O)c1ccccn1)C(=O)C(F)(F)F. The molecule has 2 heterocycles. The summed E-state index contributed by atoms with van der Waals surface area (Å²) in [4.78, 5) is 58.7. The Morgan fingerprint density at radius 3 is 2.35 bits per heavy atom. The predicted octanol–water partition coefficient (Wildman–Crippen LogP) is 6.41. The summed E-state index contributed by atoms with van der Waals surface area (Å²) < 4.78 is 45.7. The van der Waals surface area contributed by atoms with Gasteiger partial charge in [0, 0.05) is 42.9 Å². The van der Waals surface area contributed by atoms with Gasteiger partial charge in [0.05, 0.1) is 18.8 Å². The quantitative estimate of drug-likeness (QED) is 0.198. The predicted molar refractivity (Wildman–Crippen MR) is 174 cm³/mol. The minimum absolute atomic E-state index is 0.0416. The second kappa shape index (κ2) is 16.8. The molecule has 4 rings (SSSR count). The third-order valence-corrected chi connectivity index (χ3v) is 8.67. The number of carbonyl (C=O) groups excluding carboxylic acids is 4. The Kier molecular flexibility index (Phi) is 12.9. The van der Waals surface area contributed by atoms with Gasteiger partial charge in [-0.15, -0.1) is 0 Å². The molecule has 4 atom stereocenters. The van der Waals surface area contributed by atoms with Gasteiger partial charge >= 0.3 is 6.18 Å². The highest BCUT2D eigenvalue weighted by atomic mass is 35.5. The number of nitrogens with one attached hydrogen (secondary N) is 1. The van der Waals surface area contributed by atoms with E-state index in [4.69, 9.17) is 16.3 Å². The number of carbonyl (C=O) groups is 4. The van der Waals surface area contributed by atoms with E-state index >= 15 is 0 Å². The van der Waals surface area contributed by atoms with Crippen molar-refractivity contribution in [2.75, 3.05) is 6.54 Å². The fourth-order valence-electron chi connectivity index (χ4n) is 5.92. The molecule has 1 saturated heterocycles. The standard InChI is InChI=1S/C36H39ClF3N3O5/c1-23(2)28(33(45)36(38,39)40)14-9-16-32(44)31-20-27(48-22-24-10-4-3-5-11-24)21-43(31)35(47)30(19-25-12-8-13-26(37)18-25)42-34(46)29-15-6-7-17-41-29/h3-8,10-13,15,17-18,23,27-28,30-31H,9,14,16,19-22H2,1-2H3,(H,42,46)/t27-,28+,30+,31+/m1/s1. The molecule has 0 radical (unpaired) electrons. The molecule has 256 valence electrons. The number of ether oxygens (including phenoxy) is 1. The molecule has 3 aromatic rings. The number of Topliss-reactive ketones (excluding diaryl/α,β-unsaturated/α-hetero) is 2. The summed E-state index contributed by atoms with van der Waals surface area (Å²) >= 11 is 6.20. The van der Waals surface area contributed by atoms with E-state index in [2.05, 4.69) is 10.3 Å².